The summed E-state index contributed by atoms with van der Waals surface area (Å²) in [6.07, 6.45) is 0.511. The van der Waals surface area contributed by atoms with E-state index in [0.29, 0.717) is 43.3 Å². The van der Waals surface area contributed by atoms with Crippen molar-refractivity contribution in [3.8, 4) is 17.2 Å². The van der Waals surface area contributed by atoms with Crippen LogP contribution in [0.3, 0.4) is 0 Å². The van der Waals surface area contributed by atoms with Crippen LogP contribution in [-0.4, -0.2) is 45.2 Å². The zero-order valence-electron chi connectivity index (χ0n) is 12.7. The first-order valence-corrected chi connectivity index (χ1v) is 6.89. The normalized spacial score (nSPS) is 18.0. The molecule has 1 heterocycles. The minimum atomic E-state index is 0.116. The molecule has 6 heteroatoms. The maximum Gasteiger partial charge on any atom is 0.223 e. The van der Waals surface area contributed by atoms with Crippen molar-refractivity contribution < 1.29 is 19.0 Å². The molecule has 1 aliphatic heterocycles. The number of hydrogen-bond acceptors (Lipinski definition) is 5. The van der Waals surface area contributed by atoms with E-state index in [-0.39, 0.29) is 11.8 Å². The van der Waals surface area contributed by atoms with Gasteiger partial charge in [-0.1, -0.05) is 0 Å². The number of likely N-dealkylation sites (tertiary alicyclic amines) is 1. The molecule has 1 atom stereocenters. The number of carbonyl (C=O) groups is 1. The van der Waals surface area contributed by atoms with Gasteiger partial charge in [0.25, 0.3) is 0 Å². The van der Waals surface area contributed by atoms with E-state index >= 15 is 0 Å². The lowest BCUT2D eigenvalue weighted by atomic mass is 10.1. The molecule has 0 aliphatic carbocycles. The third kappa shape index (κ3) is 3.21. The van der Waals surface area contributed by atoms with E-state index in [1.54, 1.807) is 38.4 Å². The van der Waals surface area contributed by atoms with E-state index in [0.717, 1.165) is 5.56 Å². The molecule has 1 aliphatic rings. The Kier molecular flexibility index (Phi) is 4.90. The maximum absolute atomic E-state index is 12.0. The summed E-state index contributed by atoms with van der Waals surface area (Å²) in [6.45, 7) is 1.65. The van der Waals surface area contributed by atoms with Crippen LogP contribution in [0.25, 0.3) is 0 Å². The number of amides is 1. The molecule has 6 nitrogen and oxygen atoms in total. The van der Waals surface area contributed by atoms with Crippen LogP contribution >= 0.6 is 0 Å². The Bertz CT molecular complexity index is 493. The fraction of sp³-hybridized carbons (Fsp3) is 0.533. The van der Waals surface area contributed by atoms with Gasteiger partial charge in [-0.15, -0.1) is 0 Å². The Hall–Kier alpha value is -1.95. The fourth-order valence-electron chi connectivity index (χ4n) is 2.59. The zero-order valence-corrected chi connectivity index (χ0v) is 12.7. The Morgan fingerprint density at radius 2 is 1.81 bits per heavy atom. The summed E-state index contributed by atoms with van der Waals surface area (Å²) in [7, 11) is 4.77. The Balaban J connectivity index is 2.28. The van der Waals surface area contributed by atoms with Gasteiger partial charge in [0.15, 0.2) is 0 Å². The second-order valence-corrected chi connectivity index (χ2v) is 5.09. The number of nitrogens with zero attached hydrogens (tertiary/aromatic N) is 1. The number of nitrogens with two attached hydrogens (primary N) is 1. The topological polar surface area (TPSA) is 74.0 Å². The Morgan fingerprint density at radius 1 is 1.19 bits per heavy atom. The van der Waals surface area contributed by atoms with Gasteiger partial charge in [0.2, 0.25) is 5.91 Å². The number of methoxy groups -OCH3 is 3. The summed E-state index contributed by atoms with van der Waals surface area (Å²) in [6, 6.07) is 3.58. The van der Waals surface area contributed by atoms with Crippen LogP contribution in [0.4, 0.5) is 0 Å². The van der Waals surface area contributed by atoms with Crippen molar-refractivity contribution in [3.63, 3.8) is 0 Å². The van der Waals surface area contributed by atoms with Gasteiger partial charge in [-0.2, -0.15) is 0 Å². The molecule has 1 fully saturated rings. The van der Waals surface area contributed by atoms with Gasteiger partial charge < -0.3 is 24.8 Å². The molecule has 0 saturated carbocycles. The third-order valence-corrected chi connectivity index (χ3v) is 3.79. The molecule has 0 bridgehead atoms. The van der Waals surface area contributed by atoms with Crippen molar-refractivity contribution in [1.82, 2.24) is 4.90 Å². The van der Waals surface area contributed by atoms with Crippen LogP contribution in [0.2, 0.25) is 0 Å². The smallest absolute Gasteiger partial charge is 0.223 e. The Labute approximate surface area is 124 Å². The minimum Gasteiger partial charge on any atom is -0.496 e. The molecule has 0 aromatic heterocycles. The van der Waals surface area contributed by atoms with Crippen molar-refractivity contribution in [1.29, 1.82) is 0 Å². The molecule has 1 amide bonds. The van der Waals surface area contributed by atoms with E-state index in [1.807, 2.05) is 0 Å². The molecule has 116 valence electrons. The monoisotopic (exact) mass is 294 g/mol. The number of rotatable bonds is 6. The standard InChI is InChI=1S/C15H22N2O4/c1-19-11-5-13(20-2)12(14(6-11)21-3)9-17-8-10(7-16)4-15(17)18/h5-6,10H,4,7-9,16H2,1-3H3. The van der Waals surface area contributed by atoms with E-state index in [9.17, 15) is 4.79 Å². The fourth-order valence-corrected chi connectivity index (χ4v) is 2.59. The van der Waals surface area contributed by atoms with Crippen LogP contribution in [0.15, 0.2) is 12.1 Å². The molecule has 0 spiro atoms. The number of ether oxygens (including phenoxy) is 3. The van der Waals surface area contributed by atoms with Gasteiger partial charge in [0.1, 0.15) is 17.2 Å². The van der Waals surface area contributed by atoms with Crippen molar-refractivity contribution in [2.45, 2.75) is 13.0 Å². The summed E-state index contributed by atoms with van der Waals surface area (Å²) < 4.78 is 16.0. The summed E-state index contributed by atoms with van der Waals surface area (Å²) in [5.74, 6) is 2.29. The van der Waals surface area contributed by atoms with Crippen molar-refractivity contribution >= 4 is 5.91 Å². The third-order valence-electron chi connectivity index (χ3n) is 3.79. The first kappa shape index (κ1) is 15.4. The average molecular weight is 294 g/mol. The molecular formula is C15H22N2O4. The van der Waals surface area contributed by atoms with Crippen LogP contribution < -0.4 is 19.9 Å². The van der Waals surface area contributed by atoms with Gasteiger partial charge in [0, 0.05) is 25.1 Å². The van der Waals surface area contributed by atoms with Gasteiger partial charge in [0.05, 0.1) is 33.4 Å². The lowest BCUT2D eigenvalue weighted by molar-refractivity contribution is -0.128. The molecule has 2 rings (SSSR count). The van der Waals surface area contributed by atoms with E-state index in [1.165, 1.54) is 0 Å². The second kappa shape index (κ2) is 6.67. The summed E-state index contributed by atoms with van der Waals surface area (Å²) >= 11 is 0. The second-order valence-electron chi connectivity index (χ2n) is 5.09. The molecule has 0 radical (unpaired) electrons. The van der Waals surface area contributed by atoms with Crippen LogP contribution in [0.5, 0.6) is 17.2 Å². The molecule has 1 aromatic rings. The van der Waals surface area contributed by atoms with Crippen molar-refractivity contribution in [2.75, 3.05) is 34.4 Å². The lowest BCUT2D eigenvalue weighted by Crippen LogP contribution is -2.26. The highest BCUT2D eigenvalue weighted by Gasteiger charge is 2.30. The first-order chi connectivity index (χ1) is 10.1. The highest BCUT2D eigenvalue weighted by molar-refractivity contribution is 5.79. The maximum atomic E-state index is 12.0. The van der Waals surface area contributed by atoms with Crippen LogP contribution in [0.1, 0.15) is 12.0 Å². The predicted octanol–water partition coefficient (Wildman–Crippen LogP) is 1.02. The zero-order chi connectivity index (χ0) is 15.4. The summed E-state index contributed by atoms with van der Waals surface area (Å²) in [5.41, 5.74) is 6.50. The minimum absolute atomic E-state index is 0.116. The molecule has 1 aromatic carbocycles. The number of benzene rings is 1. The molecule has 1 saturated heterocycles. The van der Waals surface area contributed by atoms with Crippen LogP contribution in [-0.2, 0) is 11.3 Å². The first-order valence-electron chi connectivity index (χ1n) is 6.89. The average Bonchev–Trinajstić information content (AvgIpc) is 2.87. The lowest BCUT2D eigenvalue weighted by Gasteiger charge is -2.21. The highest BCUT2D eigenvalue weighted by atomic mass is 16.5. The van der Waals surface area contributed by atoms with Crippen molar-refractivity contribution in [3.05, 3.63) is 17.7 Å². The van der Waals surface area contributed by atoms with Gasteiger partial charge in [-0.3, -0.25) is 4.79 Å². The van der Waals surface area contributed by atoms with E-state index < -0.39 is 0 Å². The van der Waals surface area contributed by atoms with E-state index in [4.69, 9.17) is 19.9 Å². The number of hydrogen-bond donors (Lipinski definition) is 1. The van der Waals surface area contributed by atoms with Crippen LogP contribution in [0, 0.1) is 5.92 Å². The Morgan fingerprint density at radius 3 is 2.24 bits per heavy atom. The van der Waals surface area contributed by atoms with Gasteiger partial charge >= 0.3 is 0 Å². The predicted molar refractivity (Wildman–Crippen MR) is 78.7 cm³/mol. The van der Waals surface area contributed by atoms with Gasteiger partial charge in [-0.25, -0.2) is 0 Å². The molecule has 2 N–H and O–H groups in total. The molecule has 1 unspecified atom stereocenters. The van der Waals surface area contributed by atoms with Gasteiger partial charge in [-0.05, 0) is 12.5 Å². The summed E-state index contributed by atoms with van der Waals surface area (Å²) in [5, 5.41) is 0. The summed E-state index contributed by atoms with van der Waals surface area (Å²) in [4.78, 5) is 13.8. The molecule has 21 heavy (non-hydrogen) atoms. The quantitative estimate of drug-likeness (QED) is 0.848. The van der Waals surface area contributed by atoms with Crippen molar-refractivity contribution in [2.24, 2.45) is 11.7 Å². The highest BCUT2D eigenvalue weighted by Crippen LogP contribution is 2.35. The SMILES string of the molecule is COc1cc(OC)c(CN2CC(CN)CC2=O)c(OC)c1. The number of carbonyl (C=O) groups excluding carboxylic acids is 1. The van der Waals surface area contributed by atoms with E-state index in [2.05, 4.69) is 0 Å². The largest absolute Gasteiger partial charge is 0.496 e. The molecular weight excluding hydrogens is 272 g/mol.